The molecule has 0 saturated carbocycles. The molecule has 4 N–H and O–H groups in total. The van der Waals surface area contributed by atoms with Gasteiger partial charge in [0.15, 0.2) is 6.04 Å². The van der Waals surface area contributed by atoms with Gasteiger partial charge in [-0.1, -0.05) is 17.7 Å². The summed E-state index contributed by atoms with van der Waals surface area (Å²) in [6.07, 6.45) is 0. The summed E-state index contributed by atoms with van der Waals surface area (Å²) in [7, 11) is -4.75. The molecule has 15 heteroatoms. The van der Waals surface area contributed by atoms with Crippen molar-refractivity contribution in [3.63, 3.8) is 0 Å². The van der Waals surface area contributed by atoms with Gasteiger partial charge in [0.05, 0.1) is 6.54 Å². The maximum Gasteiger partial charge on any atom is 1.00 e. The molecule has 0 bridgehead atoms. The third-order valence-electron chi connectivity index (χ3n) is 4.35. The molecule has 2 heterocycles. The average molecular weight is 511 g/mol. The zero-order chi connectivity index (χ0) is 22.9. The molecule has 2 aromatic rings. The summed E-state index contributed by atoms with van der Waals surface area (Å²) >= 11 is 6.88. The standard InChI is InChI=1S/C17H15ClN4O7S2.Na.H/c18-10-5-3-9(4-6-10)15(24)22(17(19)26)13(12-2-1-7-30-12)14(23)20-11-8-21(16(11)25)31(27,28)29;;/h1-7,11,13H,8H2,(H2,19,26)(H,20,23)(H,27,28,29);;/q;+1;-1. The first-order valence-electron chi connectivity index (χ1n) is 8.52. The van der Waals surface area contributed by atoms with Gasteiger partial charge in [-0.2, -0.15) is 8.42 Å². The largest absolute Gasteiger partial charge is 1.00 e. The van der Waals surface area contributed by atoms with E-state index in [1.54, 1.807) is 11.4 Å². The zero-order valence-corrected chi connectivity index (χ0v) is 20.9. The van der Waals surface area contributed by atoms with Crippen LogP contribution in [0.3, 0.4) is 0 Å². The van der Waals surface area contributed by atoms with Crippen molar-refractivity contribution < 1.29 is 63.1 Å². The van der Waals surface area contributed by atoms with Crippen LogP contribution in [-0.2, 0) is 19.9 Å². The van der Waals surface area contributed by atoms with Gasteiger partial charge in [-0.05, 0) is 35.7 Å². The van der Waals surface area contributed by atoms with Gasteiger partial charge in [0, 0.05) is 15.5 Å². The number of hydrogen-bond donors (Lipinski definition) is 3. The number of carbonyl (C=O) groups excluding carboxylic acids is 4. The quantitative estimate of drug-likeness (QED) is 0.227. The Balaban J connectivity index is 0.00000272. The summed E-state index contributed by atoms with van der Waals surface area (Å²) in [6.45, 7) is -0.498. The van der Waals surface area contributed by atoms with E-state index in [0.29, 0.717) is 9.92 Å². The third-order valence-corrected chi connectivity index (χ3v) is 6.42. The van der Waals surface area contributed by atoms with E-state index in [0.717, 1.165) is 11.3 Å². The van der Waals surface area contributed by atoms with Crippen molar-refractivity contribution in [3.8, 4) is 0 Å². The van der Waals surface area contributed by atoms with Gasteiger partial charge in [-0.25, -0.2) is 14.0 Å². The molecule has 166 valence electrons. The topological polar surface area (TPSA) is 167 Å². The summed E-state index contributed by atoms with van der Waals surface area (Å²) in [6, 6.07) is 4.62. The number of benzene rings is 1. The number of hydrogen-bond acceptors (Lipinski definition) is 7. The SMILES string of the molecule is NC(=O)N(C(=O)c1ccc(Cl)cc1)C(C(=O)NC1CN(S(=O)(=O)O)C1=O)c1cccs1.[H-].[Na+]. The number of nitrogens with zero attached hydrogens (tertiary/aromatic N) is 2. The molecule has 1 saturated heterocycles. The second kappa shape index (κ2) is 10.3. The van der Waals surface area contributed by atoms with Crippen LogP contribution in [0.5, 0.6) is 0 Å². The van der Waals surface area contributed by atoms with E-state index < -0.39 is 52.7 Å². The van der Waals surface area contributed by atoms with E-state index in [4.69, 9.17) is 21.9 Å². The number of halogens is 1. The number of nitrogens with one attached hydrogen (secondary N) is 1. The Bertz CT molecular complexity index is 1150. The van der Waals surface area contributed by atoms with E-state index in [2.05, 4.69) is 5.32 Å². The molecule has 1 aliphatic heterocycles. The summed E-state index contributed by atoms with van der Waals surface area (Å²) in [5, 5.41) is 4.24. The summed E-state index contributed by atoms with van der Waals surface area (Å²) in [5.41, 5.74) is 5.45. The fourth-order valence-corrected chi connectivity index (χ4v) is 4.49. The van der Waals surface area contributed by atoms with E-state index in [1.807, 2.05) is 0 Å². The Morgan fingerprint density at radius 2 is 1.91 bits per heavy atom. The van der Waals surface area contributed by atoms with Crippen molar-refractivity contribution in [2.75, 3.05) is 6.54 Å². The third kappa shape index (κ3) is 5.49. The van der Waals surface area contributed by atoms with Crippen LogP contribution < -0.4 is 40.6 Å². The van der Waals surface area contributed by atoms with Crippen molar-refractivity contribution >= 4 is 57.0 Å². The summed E-state index contributed by atoms with van der Waals surface area (Å²) in [5.74, 6) is -2.87. The minimum atomic E-state index is -4.75. The Kier molecular flexibility index (Phi) is 8.44. The molecule has 2 atom stereocenters. The van der Waals surface area contributed by atoms with E-state index in [9.17, 15) is 27.6 Å². The molecule has 0 spiro atoms. The van der Waals surface area contributed by atoms with E-state index >= 15 is 0 Å². The number of carbonyl (C=O) groups is 4. The second-order valence-corrected chi connectivity index (χ2v) is 9.10. The van der Waals surface area contributed by atoms with Crippen molar-refractivity contribution in [1.29, 1.82) is 0 Å². The molecule has 3 rings (SSSR count). The number of β-lactam (4-membered cyclic amide) rings is 1. The van der Waals surface area contributed by atoms with Gasteiger partial charge >= 0.3 is 45.9 Å². The fourth-order valence-electron chi connectivity index (χ4n) is 2.86. The Morgan fingerprint density at radius 3 is 2.38 bits per heavy atom. The van der Waals surface area contributed by atoms with Crippen LogP contribution in [-0.4, -0.2) is 58.5 Å². The normalized spacial score (nSPS) is 16.4. The first-order chi connectivity index (χ1) is 14.5. The molecular weight excluding hydrogens is 495 g/mol. The maximum atomic E-state index is 13.0. The average Bonchev–Trinajstić information content (AvgIpc) is 3.21. The fraction of sp³-hybridized carbons (Fsp3) is 0.176. The number of nitrogens with two attached hydrogens (primary N) is 1. The van der Waals surface area contributed by atoms with Gasteiger partial charge in [0.2, 0.25) is 5.91 Å². The number of primary amides is 1. The molecule has 1 aliphatic rings. The van der Waals surface area contributed by atoms with Crippen LogP contribution in [0.2, 0.25) is 5.02 Å². The Morgan fingerprint density at radius 1 is 1.28 bits per heavy atom. The molecule has 2 unspecified atom stereocenters. The zero-order valence-electron chi connectivity index (χ0n) is 17.5. The minimum Gasteiger partial charge on any atom is -1.00 e. The Hall–Kier alpha value is -2.00. The Labute approximate surface area is 215 Å². The van der Waals surface area contributed by atoms with Gasteiger partial charge < -0.3 is 12.5 Å². The van der Waals surface area contributed by atoms with Gasteiger partial charge in [-0.15, -0.1) is 11.3 Å². The molecular formula is C17H16ClN4NaO7S2. The molecule has 1 aromatic heterocycles. The number of rotatable bonds is 6. The molecule has 1 fully saturated rings. The minimum absolute atomic E-state index is 0. The smallest absolute Gasteiger partial charge is 1.00 e. The van der Waals surface area contributed by atoms with E-state index in [-0.39, 0.29) is 45.7 Å². The van der Waals surface area contributed by atoms with Gasteiger partial charge in [0.1, 0.15) is 6.04 Å². The molecule has 32 heavy (non-hydrogen) atoms. The summed E-state index contributed by atoms with van der Waals surface area (Å²) < 4.78 is 31.3. The predicted molar refractivity (Wildman–Crippen MR) is 111 cm³/mol. The van der Waals surface area contributed by atoms with Crippen LogP contribution >= 0.6 is 22.9 Å². The molecule has 0 radical (unpaired) electrons. The van der Waals surface area contributed by atoms with Gasteiger partial charge in [-0.3, -0.25) is 18.9 Å². The van der Waals surface area contributed by atoms with Crippen LogP contribution in [0.1, 0.15) is 22.7 Å². The van der Waals surface area contributed by atoms with Crippen LogP contribution in [0.4, 0.5) is 4.79 Å². The monoisotopic (exact) mass is 510 g/mol. The second-order valence-electron chi connectivity index (χ2n) is 6.35. The maximum absolute atomic E-state index is 13.0. The van der Waals surface area contributed by atoms with Crippen LogP contribution in [0.25, 0.3) is 0 Å². The molecule has 0 aliphatic carbocycles. The van der Waals surface area contributed by atoms with Crippen molar-refractivity contribution in [1.82, 2.24) is 14.5 Å². The number of urea groups is 1. The first-order valence-corrected chi connectivity index (χ1v) is 11.2. The predicted octanol–water partition coefficient (Wildman–Crippen LogP) is -2.09. The molecule has 1 aromatic carbocycles. The molecule has 11 nitrogen and oxygen atoms in total. The van der Waals surface area contributed by atoms with Gasteiger partial charge in [0.25, 0.3) is 11.8 Å². The molecule has 5 amide bonds. The van der Waals surface area contributed by atoms with E-state index in [1.165, 1.54) is 30.3 Å². The number of amides is 5. The van der Waals surface area contributed by atoms with Crippen molar-refractivity contribution in [2.24, 2.45) is 5.73 Å². The number of imide groups is 1. The number of thiophene rings is 1. The first kappa shape index (κ1) is 26.3. The van der Waals surface area contributed by atoms with Crippen LogP contribution in [0.15, 0.2) is 41.8 Å². The van der Waals surface area contributed by atoms with Crippen molar-refractivity contribution in [2.45, 2.75) is 12.1 Å². The van der Waals surface area contributed by atoms with Crippen LogP contribution in [0, 0.1) is 0 Å². The summed E-state index contributed by atoms with van der Waals surface area (Å²) in [4.78, 5) is 50.9. The van der Waals surface area contributed by atoms with Crippen molar-refractivity contribution in [3.05, 3.63) is 57.2 Å².